The van der Waals surface area contributed by atoms with E-state index in [0.717, 1.165) is 30.0 Å². The highest BCUT2D eigenvalue weighted by atomic mass is 19.1. The molecule has 1 aliphatic rings. The summed E-state index contributed by atoms with van der Waals surface area (Å²) in [7, 11) is 1.61. The van der Waals surface area contributed by atoms with Crippen LogP contribution in [0.4, 0.5) is 10.1 Å². The van der Waals surface area contributed by atoms with Gasteiger partial charge in [-0.15, -0.1) is 0 Å². The van der Waals surface area contributed by atoms with Crippen LogP contribution in [0.5, 0.6) is 5.75 Å². The molecule has 0 aliphatic carbocycles. The molecule has 0 fully saturated rings. The third-order valence-electron chi connectivity index (χ3n) is 3.56. The molecular formula is C16H16FNO. The van der Waals surface area contributed by atoms with Gasteiger partial charge in [0.05, 0.1) is 7.11 Å². The van der Waals surface area contributed by atoms with Gasteiger partial charge in [-0.05, 0) is 29.7 Å². The maximum Gasteiger partial charge on any atom is 0.152 e. The molecule has 0 bridgehead atoms. The summed E-state index contributed by atoms with van der Waals surface area (Å²) in [6.07, 6.45) is -0.134. The Labute approximate surface area is 112 Å². The van der Waals surface area contributed by atoms with Gasteiger partial charge in [-0.25, -0.2) is 4.39 Å². The van der Waals surface area contributed by atoms with Gasteiger partial charge in [0.15, 0.2) is 6.17 Å². The van der Waals surface area contributed by atoms with Gasteiger partial charge in [0, 0.05) is 17.8 Å². The first-order chi connectivity index (χ1) is 9.29. The second-order valence-corrected chi connectivity index (χ2v) is 4.69. The number of nitrogens with one attached hydrogen (secondary N) is 1. The van der Waals surface area contributed by atoms with Crippen molar-refractivity contribution in [3.63, 3.8) is 0 Å². The second kappa shape index (κ2) is 4.92. The van der Waals surface area contributed by atoms with Crippen LogP contribution in [0.1, 0.15) is 22.9 Å². The summed E-state index contributed by atoms with van der Waals surface area (Å²) in [6.45, 7) is 0.891. The highest BCUT2D eigenvalue weighted by Gasteiger charge is 2.21. The topological polar surface area (TPSA) is 21.3 Å². The fraction of sp³-hybridized carbons (Fsp3) is 0.250. The summed E-state index contributed by atoms with van der Waals surface area (Å²) < 4.78 is 19.8. The predicted molar refractivity (Wildman–Crippen MR) is 74.6 cm³/mol. The highest BCUT2D eigenvalue weighted by Crippen LogP contribution is 2.36. The van der Waals surface area contributed by atoms with Crippen molar-refractivity contribution < 1.29 is 9.13 Å². The van der Waals surface area contributed by atoms with E-state index in [1.165, 1.54) is 5.56 Å². The number of rotatable bonds is 3. The van der Waals surface area contributed by atoms with Crippen LogP contribution < -0.4 is 10.1 Å². The first kappa shape index (κ1) is 12.0. The molecule has 2 aromatic rings. The maximum absolute atomic E-state index is 14.7. The van der Waals surface area contributed by atoms with Crippen LogP contribution in [-0.4, -0.2) is 13.7 Å². The third kappa shape index (κ3) is 2.16. The van der Waals surface area contributed by atoms with Crippen LogP contribution in [-0.2, 0) is 6.42 Å². The lowest BCUT2D eigenvalue weighted by molar-refractivity contribution is 0.399. The lowest BCUT2D eigenvalue weighted by Gasteiger charge is -2.14. The summed E-state index contributed by atoms with van der Waals surface area (Å²) in [5.41, 5.74) is 3.54. The molecule has 1 heterocycles. The predicted octanol–water partition coefficient (Wildman–Crippen LogP) is 3.72. The van der Waals surface area contributed by atoms with Crippen molar-refractivity contribution in [1.82, 2.24) is 0 Å². The summed E-state index contributed by atoms with van der Waals surface area (Å²) in [6, 6.07) is 13.0. The Morgan fingerprint density at radius 3 is 2.68 bits per heavy atom. The number of para-hydroxylation sites is 1. The SMILES string of the molecule is COc1ccc(C(F)c2cccc3c2NCC3)cc1. The van der Waals surface area contributed by atoms with Gasteiger partial charge in [-0.1, -0.05) is 30.3 Å². The van der Waals surface area contributed by atoms with E-state index in [9.17, 15) is 4.39 Å². The minimum absolute atomic E-state index is 0.655. The van der Waals surface area contributed by atoms with E-state index in [0.29, 0.717) is 5.56 Å². The van der Waals surface area contributed by atoms with Crippen LogP contribution in [0.25, 0.3) is 0 Å². The van der Waals surface area contributed by atoms with E-state index >= 15 is 0 Å². The molecule has 2 aromatic carbocycles. The zero-order valence-electron chi connectivity index (χ0n) is 10.8. The average molecular weight is 257 g/mol. The third-order valence-corrected chi connectivity index (χ3v) is 3.56. The number of hydrogen-bond donors (Lipinski definition) is 1. The summed E-state index contributed by atoms with van der Waals surface area (Å²) in [4.78, 5) is 0. The Bertz CT molecular complexity index is 580. The van der Waals surface area contributed by atoms with Gasteiger partial charge >= 0.3 is 0 Å². The molecule has 0 amide bonds. The Hall–Kier alpha value is -2.03. The monoisotopic (exact) mass is 257 g/mol. The molecule has 0 saturated heterocycles. The highest BCUT2D eigenvalue weighted by molar-refractivity contribution is 5.63. The minimum atomic E-state index is -1.11. The van der Waals surface area contributed by atoms with E-state index in [1.54, 1.807) is 31.4 Å². The Kier molecular flexibility index (Phi) is 3.11. The fourth-order valence-electron chi connectivity index (χ4n) is 2.53. The fourth-order valence-corrected chi connectivity index (χ4v) is 2.53. The van der Waals surface area contributed by atoms with E-state index in [1.807, 2.05) is 12.1 Å². The van der Waals surface area contributed by atoms with Gasteiger partial charge in [0.25, 0.3) is 0 Å². The molecule has 0 spiro atoms. The molecular weight excluding hydrogens is 241 g/mol. The number of alkyl halides is 1. The molecule has 3 rings (SSSR count). The van der Waals surface area contributed by atoms with Gasteiger partial charge in [-0.3, -0.25) is 0 Å². The molecule has 3 heteroatoms. The molecule has 19 heavy (non-hydrogen) atoms. The number of fused-ring (bicyclic) bond motifs is 1. The van der Waals surface area contributed by atoms with Gasteiger partial charge < -0.3 is 10.1 Å². The van der Waals surface area contributed by atoms with E-state index < -0.39 is 6.17 Å². The van der Waals surface area contributed by atoms with Crippen molar-refractivity contribution >= 4 is 5.69 Å². The smallest absolute Gasteiger partial charge is 0.152 e. The first-order valence-electron chi connectivity index (χ1n) is 6.43. The molecule has 98 valence electrons. The maximum atomic E-state index is 14.7. The molecule has 1 unspecified atom stereocenters. The zero-order chi connectivity index (χ0) is 13.2. The quantitative estimate of drug-likeness (QED) is 0.904. The zero-order valence-corrected chi connectivity index (χ0v) is 10.8. The molecule has 2 nitrogen and oxygen atoms in total. The number of benzene rings is 2. The lowest BCUT2D eigenvalue weighted by atomic mass is 9.99. The van der Waals surface area contributed by atoms with Crippen molar-refractivity contribution in [2.24, 2.45) is 0 Å². The number of hydrogen-bond acceptors (Lipinski definition) is 2. The van der Waals surface area contributed by atoms with Crippen molar-refractivity contribution in [2.75, 3.05) is 19.0 Å². The molecule has 1 atom stereocenters. The van der Waals surface area contributed by atoms with Gasteiger partial charge in [0.1, 0.15) is 5.75 Å². The largest absolute Gasteiger partial charge is 0.497 e. The van der Waals surface area contributed by atoms with E-state index in [4.69, 9.17) is 4.74 Å². The molecule has 0 aromatic heterocycles. The van der Waals surface area contributed by atoms with E-state index in [2.05, 4.69) is 11.4 Å². The molecule has 1 N–H and O–H groups in total. The number of methoxy groups -OCH3 is 1. The van der Waals surface area contributed by atoms with Crippen molar-refractivity contribution in [3.8, 4) is 5.75 Å². The van der Waals surface area contributed by atoms with Crippen LogP contribution in [0.15, 0.2) is 42.5 Å². The standard InChI is InChI=1S/C16H16FNO/c1-19-13-7-5-11(6-8-13)15(17)14-4-2-3-12-9-10-18-16(12)14/h2-8,15,18H,9-10H2,1H3. The number of anilines is 1. The van der Waals surface area contributed by atoms with Crippen LogP contribution >= 0.6 is 0 Å². The van der Waals surface area contributed by atoms with Crippen molar-refractivity contribution in [2.45, 2.75) is 12.6 Å². The summed E-state index contributed by atoms with van der Waals surface area (Å²) in [5.74, 6) is 0.743. The second-order valence-electron chi connectivity index (χ2n) is 4.69. The number of ether oxygens (including phenoxy) is 1. The van der Waals surface area contributed by atoms with Crippen LogP contribution in [0.2, 0.25) is 0 Å². The lowest BCUT2D eigenvalue weighted by Crippen LogP contribution is -2.00. The molecule has 0 saturated carbocycles. The van der Waals surface area contributed by atoms with Gasteiger partial charge in [-0.2, -0.15) is 0 Å². The molecule has 0 radical (unpaired) electrons. The van der Waals surface area contributed by atoms with Crippen LogP contribution in [0.3, 0.4) is 0 Å². The molecule has 1 aliphatic heterocycles. The normalized spacial score (nSPS) is 14.6. The first-order valence-corrected chi connectivity index (χ1v) is 6.43. The Morgan fingerprint density at radius 2 is 1.95 bits per heavy atom. The average Bonchev–Trinajstić information content (AvgIpc) is 2.95. The van der Waals surface area contributed by atoms with E-state index in [-0.39, 0.29) is 0 Å². The Morgan fingerprint density at radius 1 is 1.16 bits per heavy atom. The van der Waals surface area contributed by atoms with Crippen molar-refractivity contribution in [3.05, 3.63) is 59.2 Å². The van der Waals surface area contributed by atoms with Gasteiger partial charge in [0.2, 0.25) is 0 Å². The summed E-state index contributed by atoms with van der Waals surface area (Å²) >= 11 is 0. The van der Waals surface area contributed by atoms with Crippen molar-refractivity contribution in [1.29, 1.82) is 0 Å². The Balaban J connectivity index is 1.95. The minimum Gasteiger partial charge on any atom is -0.497 e. The summed E-state index contributed by atoms with van der Waals surface area (Å²) in [5, 5.41) is 3.28. The number of halogens is 1. The van der Waals surface area contributed by atoms with Crippen LogP contribution in [0, 0.1) is 0 Å².